The molecule has 6 heteroatoms. The molecule has 6 nitrogen and oxygen atoms in total. The van der Waals surface area contributed by atoms with Crippen LogP contribution in [-0.2, 0) is 14.4 Å². The molecule has 118 valence electrons. The number of hydrogen-bond donors (Lipinski definition) is 1. The number of carbonyl (C=O) groups is 2. The third kappa shape index (κ3) is 6.21. The number of ether oxygens (including phenoxy) is 1. The van der Waals surface area contributed by atoms with Gasteiger partial charge in [-0.3, -0.25) is 4.84 Å². The third-order valence-corrected chi connectivity index (χ3v) is 2.63. The number of amides is 1. The van der Waals surface area contributed by atoms with Crippen molar-refractivity contribution in [3.8, 4) is 0 Å². The van der Waals surface area contributed by atoms with Crippen LogP contribution in [0.5, 0.6) is 0 Å². The van der Waals surface area contributed by atoms with E-state index in [4.69, 9.17) is 9.57 Å². The van der Waals surface area contributed by atoms with Crippen LogP contribution in [0, 0.1) is 0 Å². The summed E-state index contributed by atoms with van der Waals surface area (Å²) in [6.45, 7) is 7.11. The number of nitrogens with one attached hydrogen (secondary N) is 1. The molecular weight excluding hydrogens is 284 g/mol. The highest BCUT2D eigenvalue weighted by Gasteiger charge is 2.06. The van der Waals surface area contributed by atoms with E-state index in [1.54, 1.807) is 6.92 Å². The van der Waals surface area contributed by atoms with Gasteiger partial charge in [-0.2, -0.15) is 0 Å². The van der Waals surface area contributed by atoms with Crippen LogP contribution in [-0.4, -0.2) is 30.9 Å². The van der Waals surface area contributed by atoms with Gasteiger partial charge in [-0.25, -0.2) is 9.59 Å². The predicted octanol–water partition coefficient (Wildman–Crippen LogP) is 2.65. The van der Waals surface area contributed by atoms with E-state index in [2.05, 4.69) is 17.1 Å². The highest BCUT2D eigenvalue weighted by molar-refractivity contribution is 6.00. The van der Waals surface area contributed by atoms with Crippen molar-refractivity contribution in [1.29, 1.82) is 0 Å². The van der Waals surface area contributed by atoms with E-state index >= 15 is 0 Å². The lowest BCUT2D eigenvalue weighted by molar-refractivity contribution is -0.138. The van der Waals surface area contributed by atoms with Gasteiger partial charge in [-0.1, -0.05) is 49.0 Å². The van der Waals surface area contributed by atoms with Gasteiger partial charge in [0, 0.05) is 5.57 Å². The first-order chi connectivity index (χ1) is 10.5. The van der Waals surface area contributed by atoms with Crippen LogP contribution in [0.3, 0.4) is 0 Å². The van der Waals surface area contributed by atoms with Gasteiger partial charge in [0.05, 0.1) is 12.3 Å². The molecule has 0 radical (unpaired) electrons. The van der Waals surface area contributed by atoms with Crippen LogP contribution in [0.15, 0.2) is 47.6 Å². The highest BCUT2D eigenvalue weighted by atomic mass is 16.7. The minimum atomic E-state index is -0.701. The molecule has 0 unspecified atom stereocenters. The summed E-state index contributed by atoms with van der Waals surface area (Å²) < 4.78 is 4.83. The maximum Gasteiger partial charge on any atom is 0.433 e. The van der Waals surface area contributed by atoms with E-state index in [9.17, 15) is 9.59 Å². The van der Waals surface area contributed by atoms with Gasteiger partial charge in [0.25, 0.3) is 0 Å². The first-order valence-corrected chi connectivity index (χ1v) is 6.94. The lowest BCUT2D eigenvalue weighted by atomic mass is 10.1. The minimum absolute atomic E-state index is 0.0455. The smallest absolute Gasteiger partial charge is 0.433 e. The molecular formula is C16H20N2O4. The Hall–Kier alpha value is -2.63. The molecule has 1 rings (SSSR count). The van der Waals surface area contributed by atoms with Crippen molar-refractivity contribution >= 4 is 17.8 Å². The van der Waals surface area contributed by atoms with Gasteiger partial charge in [-0.15, -0.1) is 0 Å². The van der Waals surface area contributed by atoms with Crippen LogP contribution in [0.2, 0.25) is 0 Å². The fourth-order valence-electron chi connectivity index (χ4n) is 1.50. The molecule has 0 aliphatic heterocycles. The first kappa shape index (κ1) is 17.4. The van der Waals surface area contributed by atoms with Gasteiger partial charge in [0.15, 0.2) is 0 Å². The van der Waals surface area contributed by atoms with E-state index in [1.807, 2.05) is 37.3 Å². The second-order valence-corrected chi connectivity index (χ2v) is 4.48. The second-order valence-electron chi connectivity index (χ2n) is 4.48. The summed E-state index contributed by atoms with van der Waals surface area (Å²) in [6.07, 6.45) is -0.0682. The molecule has 0 fully saturated rings. The van der Waals surface area contributed by atoms with Gasteiger partial charge in [-0.05, 0) is 18.9 Å². The molecule has 1 aromatic carbocycles. The quantitative estimate of drug-likeness (QED) is 0.210. The zero-order chi connectivity index (χ0) is 16.4. The van der Waals surface area contributed by atoms with Crippen LogP contribution in [0.1, 0.15) is 25.8 Å². The standard InChI is InChI=1S/C16H20N2O4/c1-4-14(13-8-6-5-7-9-13)18-22-16(20)17-10-11-21-15(19)12(2)3/h5-9H,2,4,10-11H2,1,3H3,(H,17,20). The predicted molar refractivity (Wildman–Crippen MR) is 83.5 cm³/mol. The Balaban J connectivity index is 2.37. The van der Waals surface area contributed by atoms with Crippen molar-refractivity contribution in [3.05, 3.63) is 48.0 Å². The molecule has 0 aliphatic carbocycles. The zero-order valence-electron chi connectivity index (χ0n) is 12.8. The first-order valence-electron chi connectivity index (χ1n) is 6.94. The number of carbonyl (C=O) groups excluding carboxylic acids is 2. The summed E-state index contributed by atoms with van der Waals surface area (Å²) in [7, 11) is 0. The molecule has 1 aromatic rings. The van der Waals surface area contributed by atoms with Crippen molar-refractivity contribution < 1.29 is 19.2 Å². The van der Waals surface area contributed by atoms with Gasteiger partial charge in [0.1, 0.15) is 6.61 Å². The van der Waals surface area contributed by atoms with Crippen LogP contribution in [0.25, 0.3) is 0 Å². The van der Waals surface area contributed by atoms with Gasteiger partial charge in [0.2, 0.25) is 0 Å². The Kier molecular flexibility index (Phi) is 7.39. The normalized spacial score (nSPS) is 10.7. The monoisotopic (exact) mass is 304 g/mol. The molecule has 22 heavy (non-hydrogen) atoms. The van der Waals surface area contributed by atoms with Crippen LogP contribution >= 0.6 is 0 Å². The molecule has 0 aliphatic rings. The van der Waals surface area contributed by atoms with Crippen molar-refractivity contribution in [3.63, 3.8) is 0 Å². The summed E-state index contributed by atoms with van der Waals surface area (Å²) in [5, 5.41) is 6.27. The SMILES string of the molecule is C=C(C)C(=O)OCCNC(=O)ON=C(CC)c1ccccc1. The maximum absolute atomic E-state index is 11.5. The largest absolute Gasteiger partial charge is 0.460 e. The Morgan fingerprint density at radius 3 is 2.55 bits per heavy atom. The summed E-state index contributed by atoms with van der Waals surface area (Å²) in [5.74, 6) is -0.495. The summed E-state index contributed by atoms with van der Waals surface area (Å²) in [5.41, 5.74) is 1.88. The molecule has 0 atom stereocenters. The number of nitrogens with zero attached hydrogens (tertiary/aromatic N) is 1. The lowest BCUT2D eigenvalue weighted by Crippen LogP contribution is -2.28. The highest BCUT2D eigenvalue weighted by Crippen LogP contribution is 2.04. The average Bonchev–Trinajstić information content (AvgIpc) is 2.52. The molecule has 0 heterocycles. The summed E-state index contributed by atoms with van der Waals surface area (Å²) in [6, 6.07) is 9.45. The van der Waals surface area contributed by atoms with Crippen molar-refractivity contribution in [2.24, 2.45) is 5.16 Å². The van der Waals surface area contributed by atoms with Gasteiger partial charge >= 0.3 is 12.1 Å². The van der Waals surface area contributed by atoms with E-state index in [0.717, 1.165) is 5.56 Å². The summed E-state index contributed by atoms with van der Waals surface area (Å²) >= 11 is 0. The number of hydrogen-bond acceptors (Lipinski definition) is 5. The number of oxime groups is 1. The Bertz CT molecular complexity index is 553. The van der Waals surface area contributed by atoms with Crippen LogP contribution in [0.4, 0.5) is 4.79 Å². The fourth-order valence-corrected chi connectivity index (χ4v) is 1.50. The minimum Gasteiger partial charge on any atom is -0.460 e. The van der Waals surface area contributed by atoms with E-state index in [0.29, 0.717) is 17.7 Å². The molecule has 1 N–H and O–H groups in total. The molecule has 0 aromatic heterocycles. The topological polar surface area (TPSA) is 77.0 Å². The Morgan fingerprint density at radius 2 is 1.95 bits per heavy atom. The summed E-state index contributed by atoms with van der Waals surface area (Å²) in [4.78, 5) is 27.4. The number of rotatable bonds is 7. The molecule has 1 amide bonds. The molecule has 0 saturated carbocycles. The number of esters is 1. The van der Waals surface area contributed by atoms with E-state index in [-0.39, 0.29) is 13.2 Å². The average molecular weight is 304 g/mol. The van der Waals surface area contributed by atoms with Crippen LogP contribution < -0.4 is 5.32 Å². The Morgan fingerprint density at radius 1 is 1.27 bits per heavy atom. The van der Waals surface area contributed by atoms with Crippen molar-refractivity contribution in [2.75, 3.05) is 13.2 Å². The third-order valence-electron chi connectivity index (χ3n) is 2.63. The van der Waals surface area contributed by atoms with E-state index in [1.165, 1.54) is 0 Å². The molecule has 0 bridgehead atoms. The zero-order valence-corrected chi connectivity index (χ0v) is 12.8. The number of benzene rings is 1. The van der Waals surface area contributed by atoms with Crippen molar-refractivity contribution in [2.45, 2.75) is 20.3 Å². The molecule has 0 saturated heterocycles. The fraction of sp³-hybridized carbons (Fsp3) is 0.312. The Labute approximate surface area is 129 Å². The van der Waals surface area contributed by atoms with E-state index < -0.39 is 12.1 Å². The van der Waals surface area contributed by atoms with Crippen molar-refractivity contribution in [1.82, 2.24) is 5.32 Å². The molecule has 0 spiro atoms. The van der Waals surface area contributed by atoms with Gasteiger partial charge < -0.3 is 10.1 Å². The maximum atomic E-state index is 11.5. The second kappa shape index (κ2) is 9.33. The lowest BCUT2D eigenvalue weighted by Gasteiger charge is -2.06.